The summed E-state index contributed by atoms with van der Waals surface area (Å²) >= 11 is 2.62. The molecule has 0 aliphatic heterocycles. The second-order valence-corrected chi connectivity index (χ2v) is 7.40. The summed E-state index contributed by atoms with van der Waals surface area (Å²) in [5.41, 5.74) is 0. The quantitative estimate of drug-likeness (QED) is 0.573. The van der Waals surface area contributed by atoms with Gasteiger partial charge >= 0.3 is 0 Å². The van der Waals surface area contributed by atoms with Crippen molar-refractivity contribution in [1.82, 2.24) is 25.0 Å². The van der Waals surface area contributed by atoms with E-state index < -0.39 is 0 Å². The first-order valence-corrected chi connectivity index (χ1v) is 9.87. The van der Waals surface area contributed by atoms with Crippen LogP contribution in [0.3, 0.4) is 0 Å². The highest BCUT2D eigenvalue weighted by molar-refractivity contribution is 7.99. The van der Waals surface area contributed by atoms with Crippen molar-refractivity contribution in [3.63, 3.8) is 0 Å². The van der Waals surface area contributed by atoms with E-state index >= 15 is 0 Å². The van der Waals surface area contributed by atoms with Gasteiger partial charge in [0, 0.05) is 7.05 Å². The maximum absolute atomic E-state index is 12.9. The minimum Gasteiger partial charge on any atom is -0.486 e. The summed E-state index contributed by atoms with van der Waals surface area (Å²) in [6, 6.07) is 5.74. The Morgan fingerprint density at radius 1 is 1.26 bits per heavy atom. The van der Waals surface area contributed by atoms with Gasteiger partial charge in [0.05, 0.1) is 5.75 Å². The number of rotatable bonds is 8. The average molecular weight is 408 g/mol. The van der Waals surface area contributed by atoms with Gasteiger partial charge in [0.1, 0.15) is 23.2 Å². The number of aromatic nitrogens is 5. The number of hydrogen-bond acceptors (Lipinski definition) is 8. The van der Waals surface area contributed by atoms with Crippen LogP contribution in [-0.2, 0) is 24.9 Å². The second kappa shape index (κ2) is 8.91. The number of ether oxygens (including phenoxy) is 1. The van der Waals surface area contributed by atoms with E-state index in [1.165, 1.54) is 35.2 Å². The number of anilines is 1. The summed E-state index contributed by atoms with van der Waals surface area (Å²) in [5.74, 6) is 0.796. The van der Waals surface area contributed by atoms with Gasteiger partial charge < -0.3 is 9.30 Å². The minimum atomic E-state index is -0.322. The van der Waals surface area contributed by atoms with Crippen LogP contribution in [-0.4, -0.2) is 36.6 Å². The monoisotopic (exact) mass is 408 g/mol. The third kappa shape index (κ3) is 5.23. The molecule has 8 nitrogen and oxygen atoms in total. The highest BCUT2D eigenvalue weighted by Crippen LogP contribution is 2.19. The van der Waals surface area contributed by atoms with Crippen LogP contribution in [0.1, 0.15) is 17.8 Å². The molecule has 1 amide bonds. The van der Waals surface area contributed by atoms with Gasteiger partial charge in [-0.1, -0.05) is 30.0 Å². The summed E-state index contributed by atoms with van der Waals surface area (Å²) in [5, 5.41) is 20.7. The molecule has 0 aliphatic carbocycles. The molecule has 1 N–H and O–H groups in total. The lowest BCUT2D eigenvalue weighted by Crippen LogP contribution is -2.14. The topological polar surface area (TPSA) is 94.8 Å². The average Bonchev–Trinajstić information content (AvgIpc) is 3.26. The molecule has 0 atom stereocenters. The Morgan fingerprint density at radius 3 is 2.74 bits per heavy atom. The molecule has 0 spiro atoms. The fraction of sp³-hybridized carbons (Fsp3) is 0.312. The number of benzene rings is 1. The molecule has 2 aromatic heterocycles. The van der Waals surface area contributed by atoms with Gasteiger partial charge in [-0.15, -0.1) is 20.4 Å². The molecule has 27 heavy (non-hydrogen) atoms. The summed E-state index contributed by atoms with van der Waals surface area (Å²) in [6.45, 7) is 2.17. The number of nitrogens with zero attached hydrogens (tertiary/aromatic N) is 5. The van der Waals surface area contributed by atoms with Gasteiger partial charge in [0.15, 0.2) is 11.0 Å². The predicted octanol–water partition coefficient (Wildman–Crippen LogP) is 2.68. The molecule has 0 saturated carbocycles. The van der Waals surface area contributed by atoms with E-state index in [-0.39, 0.29) is 24.1 Å². The van der Waals surface area contributed by atoms with E-state index in [1.54, 1.807) is 23.7 Å². The molecular weight excluding hydrogens is 391 g/mol. The summed E-state index contributed by atoms with van der Waals surface area (Å²) in [7, 11) is 1.79. The normalized spacial score (nSPS) is 10.8. The molecule has 2 heterocycles. The number of carbonyl (C=O) groups excluding carboxylic acids is 1. The number of hydrogen-bond donors (Lipinski definition) is 1. The Hall–Kier alpha value is -2.53. The zero-order chi connectivity index (χ0) is 19.2. The van der Waals surface area contributed by atoms with E-state index in [4.69, 9.17) is 4.74 Å². The van der Waals surface area contributed by atoms with Crippen molar-refractivity contribution in [2.24, 2.45) is 7.05 Å². The van der Waals surface area contributed by atoms with Crippen LogP contribution in [0.25, 0.3) is 0 Å². The van der Waals surface area contributed by atoms with Crippen molar-refractivity contribution in [2.75, 3.05) is 11.1 Å². The van der Waals surface area contributed by atoms with Gasteiger partial charge in [-0.2, -0.15) is 0 Å². The molecule has 0 saturated heterocycles. The van der Waals surface area contributed by atoms with E-state index in [1.807, 2.05) is 6.92 Å². The van der Waals surface area contributed by atoms with Crippen LogP contribution in [0.2, 0.25) is 0 Å². The summed E-state index contributed by atoms with van der Waals surface area (Å²) < 4.78 is 20.2. The molecule has 0 bridgehead atoms. The molecule has 1 aromatic carbocycles. The van der Waals surface area contributed by atoms with Crippen molar-refractivity contribution >= 4 is 34.1 Å². The van der Waals surface area contributed by atoms with E-state index in [0.717, 1.165) is 11.4 Å². The second-order valence-electron chi connectivity index (χ2n) is 5.39. The number of aryl methyl sites for hydroxylation is 1. The van der Waals surface area contributed by atoms with Gasteiger partial charge in [-0.05, 0) is 30.7 Å². The third-order valence-corrected chi connectivity index (χ3v) is 5.46. The number of thioether (sulfide) groups is 1. The third-order valence-electron chi connectivity index (χ3n) is 3.45. The molecule has 0 radical (unpaired) electrons. The molecule has 3 rings (SSSR count). The molecule has 0 unspecified atom stereocenters. The maximum Gasteiger partial charge on any atom is 0.236 e. The van der Waals surface area contributed by atoms with Crippen LogP contribution >= 0.6 is 23.1 Å². The van der Waals surface area contributed by atoms with Crippen LogP contribution in [0.5, 0.6) is 5.75 Å². The van der Waals surface area contributed by atoms with Crippen molar-refractivity contribution in [3.8, 4) is 5.75 Å². The highest BCUT2D eigenvalue weighted by Gasteiger charge is 2.13. The zero-order valence-electron chi connectivity index (χ0n) is 14.7. The maximum atomic E-state index is 12.9. The van der Waals surface area contributed by atoms with Crippen molar-refractivity contribution in [3.05, 3.63) is 40.9 Å². The Balaban J connectivity index is 1.50. The summed E-state index contributed by atoms with van der Waals surface area (Å²) in [6.07, 6.45) is 0.782. The lowest BCUT2D eigenvalue weighted by Gasteiger charge is -2.06. The molecule has 3 aromatic rings. The van der Waals surface area contributed by atoms with Gasteiger partial charge in [0.25, 0.3) is 0 Å². The molecular formula is C16H17FN6O2S2. The van der Waals surface area contributed by atoms with Gasteiger partial charge in [0.2, 0.25) is 11.0 Å². The number of amides is 1. The highest BCUT2D eigenvalue weighted by atomic mass is 32.2. The van der Waals surface area contributed by atoms with E-state index in [0.29, 0.717) is 21.9 Å². The number of carbonyl (C=O) groups is 1. The molecule has 142 valence electrons. The fourth-order valence-electron chi connectivity index (χ4n) is 2.01. The van der Waals surface area contributed by atoms with Crippen LogP contribution in [0.15, 0.2) is 29.4 Å². The first-order chi connectivity index (χ1) is 13.0. The van der Waals surface area contributed by atoms with Crippen LogP contribution in [0, 0.1) is 5.82 Å². The number of halogens is 1. The van der Waals surface area contributed by atoms with Gasteiger partial charge in [-0.3, -0.25) is 10.1 Å². The predicted molar refractivity (Wildman–Crippen MR) is 100 cm³/mol. The summed E-state index contributed by atoms with van der Waals surface area (Å²) in [4.78, 5) is 12.0. The first-order valence-electron chi connectivity index (χ1n) is 8.06. The standard InChI is InChI=1S/C16H17FN6O2S2/c1-3-14-20-21-15(27-14)18-13(24)9-26-16-22-19-12(23(16)2)8-25-11-6-4-10(17)5-7-11/h4-7H,3,8-9H2,1-2H3,(H,18,21,24). The van der Waals surface area contributed by atoms with Crippen LogP contribution < -0.4 is 10.1 Å². The fourth-order valence-corrected chi connectivity index (χ4v) is 3.43. The molecule has 0 fully saturated rings. The van der Waals surface area contributed by atoms with Crippen LogP contribution in [0.4, 0.5) is 9.52 Å². The smallest absolute Gasteiger partial charge is 0.236 e. The Kier molecular flexibility index (Phi) is 6.35. The molecule has 11 heteroatoms. The number of nitrogens with one attached hydrogen (secondary N) is 1. The molecule has 0 aliphatic rings. The van der Waals surface area contributed by atoms with Gasteiger partial charge in [-0.25, -0.2) is 4.39 Å². The Bertz CT molecular complexity index is 912. The van der Waals surface area contributed by atoms with E-state index in [9.17, 15) is 9.18 Å². The van der Waals surface area contributed by atoms with Crippen molar-refractivity contribution in [2.45, 2.75) is 25.1 Å². The minimum absolute atomic E-state index is 0.172. The SMILES string of the molecule is CCc1nnc(NC(=O)CSc2nnc(COc3ccc(F)cc3)n2C)s1. The van der Waals surface area contributed by atoms with Crippen molar-refractivity contribution in [1.29, 1.82) is 0 Å². The largest absolute Gasteiger partial charge is 0.486 e. The van der Waals surface area contributed by atoms with E-state index in [2.05, 4.69) is 25.7 Å². The lowest BCUT2D eigenvalue weighted by molar-refractivity contribution is -0.113. The zero-order valence-corrected chi connectivity index (χ0v) is 16.3. The Labute approximate surface area is 163 Å². The Morgan fingerprint density at radius 2 is 2.04 bits per heavy atom. The lowest BCUT2D eigenvalue weighted by atomic mass is 10.3. The first kappa shape index (κ1) is 19.2. The van der Waals surface area contributed by atoms with Crippen molar-refractivity contribution < 1.29 is 13.9 Å².